The SMILES string of the molecule is CC[C@H]1OC(=O)[C@H](C)C(=O)[C@H](C)[C@@H](OC2OC(C)CC(N(C)C)C2O)[C@@](C)(OC)C[C@@H](C)C(=O)[C@H](C)C2C(/C(N)=N\OCC#Cc3cccnc3)C(=O)O[C@@]21C. The summed E-state index contributed by atoms with van der Waals surface area (Å²) < 4.78 is 30.9. The molecule has 6 unspecified atom stereocenters. The molecule has 0 bridgehead atoms. The van der Waals surface area contributed by atoms with Crippen LogP contribution in [0.5, 0.6) is 0 Å². The number of rotatable bonds is 8. The summed E-state index contributed by atoms with van der Waals surface area (Å²) in [6.07, 6.45) is -0.652. The number of oxime groups is 1. The number of hydrogen-bond acceptors (Lipinski definition) is 14. The number of aliphatic hydroxyl groups excluding tert-OH is 1. The minimum atomic E-state index is -1.55. The largest absolute Gasteiger partial charge is 0.458 e. The summed E-state index contributed by atoms with van der Waals surface area (Å²) in [5.41, 5.74) is 4.25. The Bertz CT molecular complexity index is 1660. The number of cyclic esters (lactones) is 1. The van der Waals surface area contributed by atoms with Crippen LogP contribution in [0.25, 0.3) is 0 Å². The molecule has 310 valence electrons. The highest BCUT2D eigenvalue weighted by atomic mass is 16.7. The number of carbonyl (C=O) groups excluding carboxylic acids is 4. The number of carbonyl (C=O) groups is 4. The molecule has 3 aliphatic rings. The minimum absolute atomic E-state index is 0.0612. The second-order valence-electron chi connectivity index (χ2n) is 16.1. The van der Waals surface area contributed by atoms with Crippen molar-refractivity contribution in [2.24, 2.45) is 46.4 Å². The molecule has 0 aromatic carbocycles. The number of fused-ring (bicyclic) bond motifs is 1. The van der Waals surface area contributed by atoms with E-state index in [4.69, 9.17) is 34.3 Å². The van der Waals surface area contributed by atoms with Gasteiger partial charge < -0.3 is 44.3 Å². The first kappa shape index (κ1) is 44.8. The van der Waals surface area contributed by atoms with Gasteiger partial charge in [0.25, 0.3) is 0 Å². The van der Waals surface area contributed by atoms with Crippen molar-refractivity contribution < 1.29 is 52.8 Å². The monoisotopic (exact) mass is 784 g/mol. The molecule has 4 rings (SSSR count). The van der Waals surface area contributed by atoms with Crippen LogP contribution in [-0.2, 0) is 47.7 Å². The van der Waals surface area contributed by atoms with E-state index >= 15 is 0 Å². The molecule has 3 N–H and O–H groups in total. The molecular weight excluding hydrogens is 724 g/mol. The molecule has 3 aliphatic heterocycles. The maximum Gasteiger partial charge on any atom is 0.317 e. The van der Waals surface area contributed by atoms with Crippen molar-refractivity contribution in [3.8, 4) is 11.8 Å². The second-order valence-corrected chi connectivity index (χ2v) is 16.1. The van der Waals surface area contributed by atoms with E-state index in [1.165, 1.54) is 14.0 Å². The molecule has 15 nitrogen and oxygen atoms in total. The van der Waals surface area contributed by atoms with E-state index in [0.717, 1.165) is 0 Å². The van der Waals surface area contributed by atoms with Crippen molar-refractivity contribution in [2.45, 2.75) is 123 Å². The number of aliphatic hydroxyl groups is 1. The van der Waals surface area contributed by atoms with E-state index in [-0.39, 0.29) is 43.2 Å². The van der Waals surface area contributed by atoms with Gasteiger partial charge in [0.2, 0.25) is 0 Å². The lowest BCUT2D eigenvalue weighted by molar-refractivity contribution is -0.295. The number of ketones is 2. The fraction of sp³-hybridized carbons (Fsp3) is 0.707. The Kier molecular flexibility index (Phi) is 14.8. The van der Waals surface area contributed by atoms with E-state index in [2.05, 4.69) is 22.0 Å². The van der Waals surface area contributed by atoms with Crippen LogP contribution in [0, 0.1) is 47.3 Å². The van der Waals surface area contributed by atoms with Crippen molar-refractivity contribution in [2.75, 3.05) is 27.8 Å². The normalized spacial score (nSPS) is 38.8. The summed E-state index contributed by atoms with van der Waals surface area (Å²) in [7, 11) is 5.16. The molecule has 1 aromatic heterocycles. The average molecular weight is 785 g/mol. The van der Waals surface area contributed by atoms with Gasteiger partial charge in [-0.1, -0.05) is 44.7 Å². The summed E-state index contributed by atoms with van der Waals surface area (Å²) in [4.78, 5) is 67.9. The van der Waals surface area contributed by atoms with Crippen LogP contribution in [0.3, 0.4) is 0 Å². The molecule has 4 heterocycles. The molecule has 15 heteroatoms. The van der Waals surface area contributed by atoms with E-state index in [0.29, 0.717) is 12.0 Å². The van der Waals surface area contributed by atoms with Gasteiger partial charge in [-0.3, -0.25) is 24.2 Å². The van der Waals surface area contributed by atoms with Gasteiger partial charge >= 0.3 is 11.9 Å². The highest BCUT2D eigenvalue weighted by Crippen LogP contribution is 2.48. The van der Waals surface area contributed by atoms with Crippen molar-refractivity contribution in [1.82, 2.24) is 9.88 Å². The van der Waals surface area contributed by atoms with Gasteiger partial charge in [-0.2, -0.15) is 0 Å². The van der Waals surface area contributed by atoms with Crippen LogP contribution in [0.2, 0.25) is 0 Å². The van der Waals surface area contributed by atoms with Crippen LogP contribution in [-0.4, -0.2) is 120 Å². The predicted molar refractivity (Wildman–Crippen MR) is 204 cm³/mol. The fourth-order valence-electron chi connectivity index (χ4n) is 8.71. The number of pyridine rings is 1. The fourth-order valence-corrected chi connectivity index (χ4v) is 8.71. The summed E-state index contributed by atoms with van der Waals surface area (Å²) in [6.45, 7) is 13.3. The number of hydrogen-bond donors (Lipinski definition) is 2. The Balaban J connectivity index is 1.74. The first-order valence-corrected chi connectivity index (χ1v) is 19.4. The van der Waals surface area contributed by atoms with Gasteiger partial charge in [0.15, 0.2) is 30.1 Å². The number of likely N-dealkylation sites (N-methyl/N-ethyl adjacent to an activating group) is 1. The van der Waals surface area contributed by atoms with E-state index in [1.807, 2.05) is 25.9 Å². The van der Waals surface area contributed by atoms with Gasteiger partial charge in [0, 0.05) is 54.8 Å². The first-order valence-electron chi connectivity index (χ1n) is 19.4. The van der Waals surface area contributed by atoms with Crippen LogP contribution in [0.15, 0.2) is 29.7 Å². The van der Waals surface area contributed by atoms with Crippen LogP contribution >= 0.6 is 0 Å². The van der Waals surface area contributed by atoms with Gasteiger partial charge in [-0.25, -0.2) is 0 Å². The number of nitrogens with zero attached hydrogens (tertiary/aromatic N) is 3. The Morgan fingerprint density at radius 3 is 2.39 bits per heavy atom. The summed E-state index contributed by atoms with van der Waals surface area (Å²) in [5.74, 6) is -3.02. The molecule has 0 radical (unpaired) electrons. The van der Waals surface area contributed by atoms with Crippen LogP contribution in [0.1, 0.15) is 80.2 Å². The highest BCUT2D eigenvalue weighted by molar-refractivity contribution is 6.03. The number of amidine groups is 1. The molecule has 14 atom stereocenters. The second kappa shape index (κ2) is 18.5. The van der Waals surface area contributed by atoms with Gasteiger partial charge in [0.1, 0.15) is 29.8 Å². The number of ether oxygens (including phenoxy) is 5. The van der Waals surface area contributed by atoms with Crippen LogP contribution in [0.4, 0.5) is 0 Å². The zero-order valence-electron chi connectivity index (χ0n) is 34.5. The molecule has 0 amide bonds. The zero-order valence-corrected chi connectivity index (χ0v) is 34.5. The highest BCUT2D eigenvalue weighted by Gasteiger charge is 2.62. The number of methoxy groups -OCH3 is 1. The molecule has 1 aromatic rings. The maximum absolute atomic E-state index is 14.6. The third-order valence-corrected chi connectivity index (χ3v) is 11.9. The zero-order chi connectivity index (χ0) is 41.7. The van der Waals surface area contributed by atoms with E-state index < -0.39 is 89.0 Å². The lowest BCUT2D eigenvalue weighted by Crippen LogP contribution is -2.59. The molecule has 56 heavy (non-hydrogen) atoms. The predicted octanol–water partition coefficient (Wildman–Crippen LogP) is 2.89. The minimum Gasteiger partial charge on any atom is -0.458 e. The van der Waals surface area contributed by atoms with Gasteiger partial charge in [0.05, 0.1) is 17.8 Å². The topological polar surface area (TPSA) is 198 Å². The number of Topliss-reactive ketones (excluding diaryl/α,β-unsaturated/α-hetero) is 2. The van der Waals surface area contributed by atoms with Crippen molar-refractivity contribution >= 4 is 29.3 Å². The summed E-state index contributed by atoms with van der Waals surface area (Å²) >= 11 is 0. The Hall–Kier alpha value is -3.94. The maximum atomic E-state index is 14.6. The molecule has 0 saturated carbocycles. The van der Waals surface area contributed by atoms with E-state index in [1.54, 1.807) is 66.1 Å². The molecule has 3 fully saturated rings. The Labute approximate surface area is 330 Å². The molecule has 0 spiro atoms. The third kappa shape index (κ3) is 9.43. The number of nitrogens with two attached hydrogens (primary N) is 1. The van der Waals surface area contributed by atoms with Crippen molar-refractivity contribution in [1.29, 1.82) is 0 Å². The number of esters is 2. The van der Waals surface area contributed by atoms with Crippen LogP contribution < -0.4 is 5.73 Å². The Morgan fingerprint density at radius 2 is 1.79 bits per heavy atom. The van der Waals surface area contributed by atoms with Crippen molar-refractivity contribution in [3.05, 3.63) is 30.1 Å². The Morgan fingerprint density at radius 1 is 1.09 bits per heavy atom. The van der Waals surface area contributed by atoms with E-state index in [9.17, 15) is 24.3 Å². The van der Waals surface area contributed by atoms with Gasteiger partial charge in [-0.05, 0) is 73.2 Å². The molecule has 3 saturated heterocycles. The smallest absolute Gasteiger partial charge is 0.317 e. The third-order valence-electron chi connectivity index (χ3n) is 11.9. The summed E-state index contributed by atoms with van der Waals surface area (Å²) in [6, 6.07) is 3.23. The molecule has 0 aliphatic carbocycles. The van der Waals surface area contributed by atoms with Gasteiger partial charge in [-0.15, -0.1) is 0 Å². The average Bonchev–Trinajstić information content (AvgIpc) is 3.44. The van der Waals surface area contributed by atoms with Crippen molar-refractivity contribution in [3.63, 3.8) is 0 Å². The first-order chi connectivity index (χ1) is 26.3. The molecular formula is C41H60N4O11. The lowest BCUT2D eigenvalue weighted by atomic mass is 9.67. The standard InChI is InChI=1S/C41H60N4O11/c1-12-29-41(8)31(30(38(50)56-41)36(42)44-52-18-14-16-27-15-13-17-43-21-27)24(4)32(46)22(2)20-40(7,51-11)35(25(5)33(47)26(6)37(49)54-29)55-39-34(48)28(45(9)10)19-23(3)53-39/h13,15,17,21-26,28-31,34-35,39,48H,12,18-20H2,1-11H3,(H2,42,44)/t22-,23?,24-,25+,26-,28?,29-,30?,31?,34?,35-,39?,40+,41-/m1/s1. The number of aromatic nitrogens is 1. The summed E-state index contributed by atoms with van der Waals surface area (Å²) in [5, 5.41) is 15.4. The lowest BCUT2D eigenvalue weighted by Gasteiger charge is -2.47. The quantitative estimate of drug-likeness (QED) is 0.0742.